The molecule has 21 heteroatoms. The van der Waals surface area contributed by atoms with Crippen molar-refractivity contribution in [2.24, 2.45) is 11.8 Å². The average Bonchev–Trinajstić information content (AvgIpc) is 3.66. The van der Waals surface area contributed by atoms with Crippen molar-refractivity contribution in [3.63, 3.8) is 0 Å². The molecule has 59 heavy (non-hydrogen) atoms. The van der Waals surface area contributed by atoms with Crippen LogP contribution in [0.3, 0.4) is 0 Å². The van der Waals surface area contributed by atoms with Crippen LogP contribution < -0.4 is 31.9 Å². The van der Waals surface area contributed by atoms with Crippen molar-refractivity contribution in [1.29, 1.82) is 0 Å². The molecule has 1 saturated heterocycles. The first-order valence-corrected chi connectivity index (χ1v) is 19.5. The normalized spacial score (nSPS) is 16.0. The Hall–Kier alpha value is -5.89. The molecule has 0 bridgehead atoms. The Bertz CT molecular complexity index is 1580. The molecule has 1 aliphatic rings. The van der Waals surface area contributed by atoms with Crippen LogP contribution in [0.2, 0.25) is 0 Å². The van der Waals surface area contributed by atoms with Gasteiger partial charge < -0.3 is 51.8 Å². The van der Waals surface area contributed by atoms with Crippen molar-refractivity contribution in [3.05, 3.63) is 12.7 Å². The fourth-order valence-corrected chi connectivity index (χ4v) is 6.04. The monoisotopic (exact) mass is 837 g/mol. The van der Waals surface area contributed by atoms with Crippen LogP contribution >= 0.6 is 0 Å². The minimum absolute atomic E-state index is 0.0774. The Morgan fingerprint density at radius 1 is 0.746 bits per heavy atom. The predicted octanol–water partition coefficient (Wildman–Crippen LogP) is -1.32. The number of nitrogens with zero attached hydrogens (tertiary/aromatic N) is 1. The van der Waals surface area contributed by atoms with Crippen LogP contribution in [-0.2, 0) is 57.5 Å². The standard InChI is InChI=1S/C38H59N7O14/c1-8-11-23(32(52)37(57)39-19-29(51)59-18-9-2)41-35(55)26-12-10-17-45(26)38(58)31(21(5)6)44-36(56)30(20(3)4)43-34(54)25(14-16-28(49)50)42-33(53)24(40-22(7)46)13-15-27(47)48/h9,20-21,23-26,30-31H,2,8,10-19H2,1,3-7H3,(H,39,57)(H,40,46)(H,41,55)(H,42,53)(H,43,54)(H,44,56)(H,47,48)(H,49,50)/t23?,24?,25?,26-,30-,31?/m0/s1. The zero-order valence-electron chi connectivity index (χ0n) is 34.4. The maximum absolute atomic E-state index is 14.0. The van der Waals surface area contributed by atoms with Crippen LogP contribution in [0.4, 0.5) is 0 Å². The van der Waals surface area contributed by atoms with Crippen molar-refractivity contribution in [1.82, 2.24) is 36.8 Å². The number of hydrogen-bond acceptors (Lipinski definition) is 12. The topological polar surface area (TPSA) is 313 Å². The quantitative estimate of drug-likeness (QED) is 0.0285. The first kappa shape index (κ1) is 51.1. The van der Waals surface area contributed by atoms with Gasteiger partial charge in [0.25, 0.3) is 5.91 Å². The molecule has 0 aromatic carbocycles. The van der Waals surface area contributed by atoms with Gasteiger partial charge in [0.15, 0.2) is 0 Å². The Kier molecular flexibility index (Phi) is 22.1. The summed E-state index contributed by atoms with van der Waals surface area (Å²) in [6.45, 7) is 12.1. The van der Waals surface area contributed by atoms with E-state index in [4.69, 9.17) is 9.84 Å². The molecule has 1 heterocycles. The molecular formula is C38H59N7O14. The molecule has 1 aliphatic heterocycles. The number of carbonyl (C=O) groups is 11. The molecular weight excluding hydrogens is 778 g/mol. The number of rotatable bonds is 26. The summed E-state index contributed by atoms with van der Waals surface area (Å²) in [7, 11) is 0. The van der Waals surface area contributed by atoms with Crippen LogP contribution in [0.1, 0.15) is 92.9 Å². The molecule has 0 spiro atoms. The molecule has 330 valence electrons. The first-order chi connectivity index (χ1) is 27.6. The van der Waals surface area contributed by atoms with E-state index in [0.717, 1.165) is 6.92 Å². The summed E-state index contributed by atoms with van der Waals surface area (Å²) in [5, 5.41) is 32.9. The van der Waals surface area contributed by atoms with Crippen molar-refractivity contribution < 1.29 is 67.7 Å². The van der Waals surface area contributed by atoms with E-state index in [1.54, 1.807) is 34.6 Å². The van der Waals surface area contributed by atoms with Gasteiger partial charge >= 0.3 is 17.9 Å². The number of carbonyl (C=O) groups excluding carboxylic acids is 9. The van der Waals surface area contributed by atoms with Crippen molar-refractivity contribution >= 4 is 65.0 Å². The maximum Gasteiger partial charge on any atom is 0.325 e. The zero-order valence-corrected chi connectivity index (χ0v) is 34.4. The molecule has 7 amide bonds. The summed E-state index contributed by atoms with van der Waals surface area (Å²) >= 11 is 0. The Morgan fingerprint density at radius 2 is 1.29 bits per heavy atom. The third kappa shape index (κ3) is 17.6. The lowest BCUT2D eigenvalue weighted by atomic mass is 9.98. The fourth-order valence-electron chi connectivity index (χ4n) is 6.04. The number of carboxylic acids is 2. The predicted molar refractivity (Wildman–Crippen MR) is 208 cm³/mol. The SMILES string of the molecule is C=CCOC(=O)CNC(=O)C(=O)C(CCC)NC(=O)[C@@H]1CCCN1C(=O)C(NC(=O)[C@@H](NC(=O)C(CCC(=O)O)NC(=O)C(CCC(=O)O)NC(C)=O)C(C)C)C(C)C. The average molecular weight is 838 g/mol. The smallest absolute Gasteiger partial charge is 0.325 e. The number of Topliss-reactive ketones (excluding diaryl/α,β-unsaturated/α-hetero) is 1. The number of carboxylic acid groups (broad SMARTS) is 2. The van der Waals surface area contributed by atoms with E-state index in [1.807, 2.05) is 0 Å². The van der Waals surface area contributed by atoms with Gasteiger partial charge in [0.1, 0.15) is 43.4 Å². The number of ketones is 1. The minimum Gasteiger partial charge on any atom is -0.481 e. The summed E-state index contributed by atoms with van der Waals surface area (Å²) in [5.74, 6) is -11.4. The Balaban J connectivity index is 3.20. The number of likely N-dealkylation sites (tertiary alicyclic amines) is 1. The van der Waals surface area contributed by atoms with Gasteiger partial charge in [-0.3, -0.25) is 52.7 Å². The number of aliphatic carboxylic acids is 2. The molecule has 0 aromatic rings. The highest BCUT2D eigenvalue weighted by molar-refractivity contribution is 6.38. The molecule has 21 nitrogen and oxygen atoms in total. The highest BCUT2D eigenvalue weighted by Gasteiger charge is 2.41. The molecule has 4 unspecified atom stereocenters. The maximum atomic E-state index is 14.0. The largest absolute Gasteiger partial charge is 0.481 e. The van der Waals surface area contributed by atoms with Crippen LogP contribution in [-0.4, -0.2) is 136 Å². The van der Waals surface area contributed by atoms with Gasteiger partial charge in [-0.2, -0.15) is 0 Å². The fraction of sp³-hybridized carbons (Fsp3) is 0.658. The number of esters is 1. The summed E-state index contributed by atoms with van der Waals surface area (Å²) in [5.41, 5.74) is 0. The molecule has 6 atom stereocenters. The van der Waals surface area contributed by atoms with Crippen molar-refractivity contribution in [3.8, 4) is 0 Å². The third-order valence-corrected chi connectivity index (χ3v) is 9.13. The Labute approximate surface area is 342 Å². The van der Waals surface area contributed by atoms with Crippen LogP contribution in [0.25, 0.3) is 0 Å². The molecule has 0 saturated carbocycles. The molecule has 1 fully saturated rings. The summed E-state index contributed by atoms with van der Waals surface area (Å²) < 4.78 is 4.77. The molecule has 0 aromatic heterocycles. The van der Waals surface area contributed by atoms with Crippen LogP contribution in [0.15, 0.2) is 12.7 Å². The highest BCUT2D eigenvalue weighted by atomic mass is 16.5. The van der Waals surface area contributed by atoms with Gasteiger partial charge in [-0.25, -0.2) is 0 Å². The number of nitrogens with one attached hydrogen (secondary N) is 6. The van der Waals surface area contributed by atoms with E-state index in [-0.39, 0.29) is 32.4 Å². The van der Waals surface area contributed by atoms with Gasteiger partial charge in [-0.15, -0.1) is 0 Å². The molecule has 8 N–H and O–H groups in total. The highest BCUT2D eigenvalue weighted by Crippen LogP contribution is 2.21. The Morgan fingerprint density at radius 3 is 1.80 bits per heavy atom. The van der Waals surface area contributed by atoms with E-state index in [0.29, 0.717) is 12.8 Å². The molecule has 0 aliphatic carbocycles. The third-order valence-electron chi connectivity index (χ3n) is 9.13. The van der Waals surface area contributed by atoms with Crippen LogP contribution in [0, 0.1) is 11.8 Å². The summed E-state index contributed by atoms with van der Waals surface area (Å²) in [6.07, 6.45) is 0.544. The number of amides is 7. The van der Waals surface area contributed by atoms with Gasteiger partial charge in [0.2, 0.25) is 41.2 Å². The van der Waals surface area contributed by atoms with E-state index in [9.17, 15) is 57.8 Å². The van der Waals surface area contributed by atoms with Crippen LogP contribution in [0.5, 0.6) is 0 Å². The summed E-state index contributed by atoms with van der Waals surface area (Å²) in [4.78, 5) is 141. The van der Waals surface area contributed by atoms with Gasteiger partial charge in [-0.1, -0.05) is 53.7 Å². The second kappa shape index (κ2) is 25.5. The minimum atomic E-state index is -1.53. The van der Waals surface area contributed by atoms with Gasteiger partial charge in [-0.05, 0) is 43.9 Å². The lowest BCUT2D eigenvalue weighted by Gasteiger charge is -2.33. The lowest BCUT2D eigenvalue weighted by molar-refractivity contribution is -0.146. The van der Waals surface area contributed by atoms with E-state index in [1.165, 1.54) is 11.0 Å². The van der Waals surface area contributed by atoms with E-state index < -0.39 is 139 Å². The van der Waals surface area contributed by atoms with Crippen molar-refractivity contribution in [2.75, 3.05) is 19.7 Å². The summed E-state index contributed by atoms with van der Waals surface area (Å²) in [6, 6.07) is -7.79. The van der Waals surface area contributed by atoms with E-state index >= 15 is 0 Å². The molecule has 1 rings (SSSR count). The van der Waals surface area contributed by atoms with E-state index in [2.05, 4.69) is 38.5 Å². The lowest BCUT2D eigenvalue weighted by Crippen LogP contribution is -2.61. The number of ether oxygens (including phenoxy) is 1. The van der Waals surface area contributed by atoms with Crippen molar-refractivity contribution in [2.45, 2.75) is 129 Å². The number of hydrogen-bond donors (Lipinski definition) is 8. The van der Waals surface area contributed by atoms with Gasteiger partial charge in [0.05, 0.1) is 6.04 Å². The second-order valence-corrected chi connectivity index (χ2v) is 14.7. The second-order valence-electron chi connectivity index (χ2n) is 14.7. The van der Waals surface area contributed by atoms with Gasteiger partial charge in [0, 0.05) is 26.3 Å². The molecule has 0 radical (unpaired) electrons. The first-order valence-electron chi connectivity index (χ1n) is 19.5. The zero-order chi connectivity index (χ0) is 45.0.